The van der Waals surface area contributed by atoms with Crippen molar-refractivity contribution in [1.29, 1.82) is 0 Å². The molecule has 2 aromatic rings. The van der Waals surface area contributed by atoms with E-state index < -0.39 is 5.97 Å². The number of piperidine rings is 1. The molecule has 1 saturated heterocycles. The van der Waals surface area contributed by atoms with Crippen LogP contribution in [0.25, 0.3) is 0 Å². The zero-order chi connectivity index (χ0) is 18.8. The molecule has 0 saturated carbocycles. The van der Waals surface area contributed by atoms with E-state index in [1.807, 2.05) is 4.90 Å². The number of H-pyrrole nitrogens is 1. The molecule has 1 amide bonds. The van der Waals surface area contributed by atoms with Crippen molar-refractivity contribution < 1.29 is 18.7 Å². The highest BCUT2D eigenvalue weighted by Crippen LogP contribution is 2.29. The second-order valence-electron chi connectivity index (χ2n) is 6.12. The lowest BCUT2D eigenvalue weighted by atomic mass is 10.0. The van der Waals surface area contributed by atoms with E-state index in [0.717, 1.165) is 12.8 Å². The number of ether oxygens (including phenoxy) is 1. The smallest absolute Gasteiger partial charge is 0.374 e. The van der Waals surface area contributed by atoms with Crippen molar-refractivity contribution in [2.45, 2.75) is 25.8 Å². The molecular weight excluding hydrogens is 381 g/mol. The molecule has 26 heavy (non-hydrogen) atoms. The highest BCUT2D eigenvalue weighted by molar-refractivity contribution is 6.44. The topological polar surface area (TPSA) is 87.6 Å². The van der Waals surface area contributed by atoms with E-state index in [1.165, 1.54) is 7.11 Å². The van der Waals surface area contributed by atoms with Crippen LogP contribution in [-0.2, 0) is 4.74 Å². The monoisotopic (exact) mass is 399 g/mol. The molecule has 3 rings (SSSR count). The fraction of sp³-hybridized carbons (Fsp3) is 0.412. The Hall–Kier alpha value is -2.12. The average Bonchev–Trinajstić information content (AvgIpc) is 3.23. The van der Waals surface area contributed by atoms with Crippen LogP contribution in [0, 0.1) is 6.92 Å². The quantitative estimate of drug-likeness (QED) is 0.769. The number of aromatic nitrogens is 1. The molecule has 1 aliphatic heterocycles. The first-order chi connectivity index (χ1) is 12.4. The van der Waals surface area contributed by atoms with Crippen molar-refractivity contribution in [1.82, 2.24) is 10.3 Å². The Bertz CT molecular complexity index is 822. The number of rotatable bonds is 4. The number of nitrogens with one attached hydrogen (secondary N) is 2. The predicted molar refractivity (Wildman–Crippen MR) is 98.3 cm³/mol. The van der Waals surface area contributed by atoms with E-state index in [9.17, 15) is 9.59 Å². The summed E-state index contributed by atoms with van der Waals surface area (Å²) in [4.78, 5) is 28.8. The number of carbonyl (C=O) groups excluding carboxylic acids is 2. The summed E-state index contributed by atoms with van der Waals surface area (Å²) in [5.74, 6) is 0.0150. The predicted octanol–water partition coefficient (Wildman–Crippen LogP) is 3.41. The molecule has 0 atom stereocenters. The second-order valence-corrected chi connectivity index (χ2v) is 6.87. The van der Waals surface area contributed by atoms with Gasteiger partial charge in [0.1, 0.15) is 5.69 Å². The van der Waals surface area contributed by atoms with Crippen LogP contribution in [-0.4, -0.2) is 43.1 Å². The number of nitrogens with zero attached hydrogens (tertiary/aromatic N) is 1. The molecule has 7 nitrogen and oxygen atoms in total. The van der Waals surface area contributed by atoms with Gasteiger partial charge in [0.2, 0.25) is 5.76 Å². The van der Waals surface area contributed by atoms with Crippen molar-refractivity contribution in [2.24, 2.45) is 0 Å². The highest BCUT2D eigenvalue weighted by atomic mass is 35.5. The van der Waals surface area contributed by atoms with Gasteiger partial charge in [-0.2, -0.15) is 0 Å². The Morgan fingerprint density at radius 1 is 1.27 bits per heavy atom. The van der Waals surface area contributed by atoms with Crippen molar-refractivity contribution in [3.63, 3.8) is 0 Å². The van der Waals surface area contributed by atoms with Gasteiger partial charge in [0.05, 0.1) is 17.2 Å². The Morgan fingerprint density at radius 3 is 2.54 bits per heavy atom. The molecule has 0 spiro atoms. The van der Waals surface area contributed by atoms with Crippen LogP contribution in [0.5, 0.6) is 0 Å². The van der Waals surface area contributed by atoms with E-state index in [0.29, 0.717) is 29.7 Å². The van der Waals surface area contributed by atoms with Gasteiger partial charge in [-0.25, -0.2) is 4.79 Å². The zero-order valence-electron chi connectivity index (χ0n) is 14.4. The van der Waals surface area contributed by atoms with Crippen LogP contribution >= 0.6 is 23.2 Å². The number of methoxy groups -OCH3 is 1. The van der Waals surface area contributed by atoms with Crippen LogP contribution in [0.3, 0.4) is 0 Å². The molecule has 0 aliphatic carbocycles. The van der Waals surface area contributed by atoms with Crippen LogP contribution in [0.2, 0.25) is 10.0 Å². The van der Waals surface area contributed by atoms with E-state index in [1.54, 1.807) is 19.1 Å². The number of hydrogen-bond donors (Lipinski definition) is 2. The number of anilines is 1. The lowest BCUT2D eigenvalue weighted by Crippen LogP contribution is -2.44. The minimum absolute atomic E-state index is 0.0206. The molecule has 2 N–H and O–H groups in total. The minimum atomic E-state index is -0.504. The molecule has 3 heterocycles. The van der Waals surface area contributed by atoms with Gasteiger partial charge in [0, 0.05) is 30.9 Å². The molecule has 0 bridgehead atoms. The van der Waals surface area contributed by atoms with Crippen molar-refractivity contribution >= 4 is 41.0 Å². The zero-order valence-corrected chi connectivity index (χ0v) is 15.9. The van der Waals surface area contributed by atoms with Gasteiger partial charge in [0.25, 0.3) is 5.91 Å². The first-order valence-corrected chi connectivity index (χ1v) is 8.93. The first-order valence-electron chi connectivity index (χ1n) is 8.18. The summed E-state index contributed by atoms with van der Waals surface area (Å²) >= 11 is 12.1. The van der Waals surface area contributed by atoms with Crippen LogP contribution in [0.15, 0.2) is 16.5 Å². The normalized spacial score (nSPS) is 15.2. The number of aryl methyl sites for hydroxylation is 1. The largest absolute Gasteiger partial charge is 0.463 e. The van der Waals surface area contributed by atoms with Crippen LogP contribution < -0.4 is 10.2 Å². The summed E-state index contributed by atoms with van der Waals surface area (Å²) < 4.78 is 10.2. The maximum absolute atomic E-state index is 12.4. The molecule has 1 fully saturated rings. The summed E-state index contributed by atoms with van der Waals surface area (Å²) in [6.45, 7) is 3.14. The Kier molecular flexibility index (Phi) is 5.48. The molecule has 0 unspecified atom stereocenters. The Labute approximate surface area is 160 Å². The average molecular weight is 400 g/mol. The molecule has 140 valence electrons. The number of furan rings is 1. The van der Waals surface area contributed by atoms with Crippen molar-refractivity contribution in [3.05, 3.63) is 39.3 Å². The summed E-state index contributed by atoms with van der Waals surface area (Å²) in [6.07, 6.45) is 1.48. The standard InChI is InChI=1S/C17H19Cl2N3O4/c1-9-13(18)14(19)15(20-9)16(23)21-10-5-7-22(8-6-10)12-4-3-11(26-12)17(24)25-2/h3-4,10,20H,5-8H2,1-2H3,(H,21,23). The molecule has 0 aromatic carbocycles. The van der Waals surface area contributed by atoms with Gasteiger partial charge in [-0.05, 0) is 25.8 Å². The van der Waals surface area contributed by atoms with Crippen molar-refractivity contribution in [2.75, 3.05) is 25.1 Å². The maximum Gasteiger partial charge on any atom is 0.374 e. The third kappa shape index (κ3) is 3.68. The van der Waals surface area contributed by atoms with Gasteiger partial charge in [-0.3, -0.25) is 4.79 Å². The second kappa shape index (κ2) is 7.63. The number of amides is 1. The third-order valence-corrected chi connectivity index (χ3v) is 5.35. The van der Waals surface area contributed by atoms with Gasteiger partial charge >= 0.3 is 5.97 Å². The highest BCUT2D eigenvalue weighted by Gasteiger charge is 2.25. The van der Waals surface area contributed by atoms with Crippen LogP contribution in [0.4, 0.5) is 5.88 Å². The lowest BCUT2D eigenvalue weighted by molar-refractivity contribution is 0.0565. The Morgan fingerprint density at radius 2 is 1.96 bits per heavy atom. The number of hydrogen-bond acceptors (Lipinski definition) is 5. The maximum atomic E-state index is 12.4. The van der Waals surface area contributed by atoms with Gasteiger partial charge in [-0.15, -0.1) is 0 Å². The van der Waals surface area contributed by atoms with Crippen LogP contribution in [0.1, 0.15) is 39.6 Å². The number of aromatic amines is 1. The van der Waals surface area contributed by atoms with Gasteiger partial charge in [-0.1, -0.05) is 23.2 Å². The minimum Gasteiger partial charge on any atom is -0.463 e. The molecule has 9 heteroatoms. The lowest BCUT2D eigenvalue weighted by Gasteiger charge is -2.32. The number of halogens is 2. The van der Waals surface area contributed by atoms with Gasteiger partial charge < -0.3 is 24.4 Å². The van der Waals surface area contributed by atoms with Crippen molar-refractivity contribution in [3.8, 4) is 0 Å². The van der Waals surface area contributed by atoms with E-state index in [4.69, 9.17) is 27.6 Å². The summed E-state index contributed by atoms with van der Waals surface area (Å²) in [5, 5.41) is 3.58. The summed E-state index contributed by atoms with van der Waals surface area (Å²) in [7, 11) is 1.31. The first kappa shape index (κ1) is 18.7. The molecule has 0 radical (unpaired) electrons. The SMILES string of the molecule is COC(=O)c1ccc(N2CCC(NC(=O)c3[nH]c(C)c(Cl)c3Cl)CC2)o1. The van der Waals surface area contributed by atoms with Gasteiger partial charge in [0.15, 0.2) is 5.88 Å². The number of carbonyl (C=O) groups is 2. The number of esters is 1. The summed E-state index contributed by atoms with van der Waals surface area (Å²) in [5.41, 5.74) is 0.946. The van der Waals surface area contributed by atoms with E-state index in [2.05, 4.69) is 15.0 Å². The van der Waals surface area contributed by atoms with E-state index >= 15 is 0 Å². The summed E-state index contributed by atoms with van der Waals surface area (Å²) in [6, 6.07) is 3.36. The molecule has 2 aromatic heterocycles. The fourth-order valence-corrected chi connectivity index (χ4v) is 3.35. The molecular formula is C17H19Cl2N3O4. The fourth-order valence-electron chi connectivity index (χ4n) is 2.94. The Balaban J connectivity index is 1.57. The van der Waals surface area contributed by atoms with E-state index in [-0.39, 0.29) is 28.4 Å². The third-order valence-electron chi connectivity index (χ3n) is 4.40. The molecule has 1 aliphatic rings.